The second kappa shape index (κ2) is 5.25. The van der Waals surface area contributed by atoms with E-state index in [0.29, 0.717) is 12.8 Å². The van der Waals surface area contributed by atoms with Crippen LogP contribution in [0.2, 0.25) is 0 Å². The zero-order valence-corrected chi connectivity index (χ0v) is 10.9. The standard InChI is InChI=1S/C12H13FN2O3S/c13-11-6-9(7-14)3-4-12(11)19(17,18)15-5-1-2-10(16)8-15/h3-4,6,10,16H,1-2,5,8H2. The summed E-state index contributed by atoms with van der Waals surface area (Å²) in [5.74, 6) is -0.945. The van der Waals surface area contributed by atoms with Crippen molar-refractivity contribution in [1.82, 2.24) is 4.31 Å². The Morgan fingerprint density at radius 3 is 2.79 bits per heavy atom. The number of nitriles is 1. The van der Waals surface area contributed by atoms with E-state index in [9.17, 15) is 17.9 Å². The van der Waals surface area contributed by atoms with Crippen LogP contribution in [0.3, 0.4) is 0 Å². The van der Waals surface area contributed by atoms with Crippen LogP contribution >= 0.6 is 0 Å². The van der Waals surface area contributed by atoms with Crippen LogP contribution in [0.1, 0.15) is 18.4 Å². The first kappa shape index (κ1) is 13.9. The second-order valence-electron chi connectivity index (χ2n) is 4.42. The number of piperidine rings is 1. The molecule has 1 atom stereocenters. The van der Waals surface area contributed by atoms with Gasteiger partial charge >= 0.3 is 0 Å². The number of β-amino-alcohol motifs (C(OH)–C–C–N with tert-alkyl or cyclic N) is 1. The normalized spacial score (nSPS) is 21.0. The van der Waals surface area contributed by atoms with Crippen LogP contribution in [-0.4, -0.2) is 37.0 Å². The monoisotopic (exact) mass is 284 g/mol. The number of halogens is 1. The van der Waals surface area contributed by atoms with Crippen molar-refractivity contribution in [2.45, 2.75) is 23.8 Å². The Morgan fingerprint density at radius 1 is 1.47 bits per heavy atom. The van der Waals surface area contributed by atoms with E-state index >= 15 is 0 Å². The van der Waals surface area contributed by atoms with Gasteiger partial charge in [-0.3, -0.25) is 0 Å². The Bertz CT molecular complexity index is 624. The maximum atomic E-state index is 13.8. The van der Waals surface area contributed by atoms with Crippen molar-refractivity contribution >= 4 is 10.0 Å². The Balaban J connectivity index is 2.37. The zero-order chi connectivity index (χ0) is 14.0. The highest BCUT2D eigenvalue weighted by molar-refractivity contribution is 7.89. The van der Waals surface area contributed by atoms with Crippen LogP contribution in [0.25, 0.3) is 0 Å². The van der Waals surface area contributed by atoms with Gasteiger partial charge in [0.15, 0.2) is 0 Å². The minimum Gasteiger partial charge on any atom is -0.392 e. The molecule has 0 amide bonds. The SMILES string of the molecule is N#Cc1ccc(S(=O)(=O)N2CCCC(O)C2)c(F)c1. The van der Waals surface area contributed by atoms with Crippen LogP contribution in [0.15, 0.2) is 23.1 Å². The number of sulfonamides is 1. The lowest BCUT2D eigenvalue weighted by Crippen LogP contribution is -2.42. The van der Waals surface area contributed by atoms with Gasteiger partial charge < -0.3 is 5.11 Å². The fourth-order valence-corrected chi connectivity index (χ4v) is 3.62. The summed E-state index contributed by atoms with van der Waals surface area (Å²) in [7, 11) is -3.96. The topological polar surface area (TPSA) is 81.4 Å². The van der Waals surface area contributed by atoms with E-state index < -0.39 is 26.8 Å². The van der Waals surface area contributed by atoms with Crippen LogP contribution in [0, 0.1) is 17.1 Å². The number of hydrogen-bond donors (Lipinski definition) is 1. The highest BCUT2D eigenvalue weighted by Gasteiger charge is 2.31. The van der Waals surface area contributed by atoms with Gasteiger partial charge in [0.2, 0.25) is 10.0 Å². The van der Waals surface area contributed by atoms with Crippen molar-refractivity contribution in [3.63, 3.8) is 0 Å². The summed E-state index contributed by atoms with van der Waals surface area (Å²) in [5, 5.41) is 18.1. The molecule has 0 aromatic heterocycles. The molecule has 2 rings (SSSR count). The van der Waals surface area contributed by atoms with E-state index in [1.165, 1.54) is 6.07 Å². The Hall–Kier alpha value is -1.49. The molecule has 0 aliphatic carbocycles. The molecular weight excluding hydrogens is 271 g/mol. The smallest absolute Gasteiger partial charge is 0.246 e. The molecule has 1 N–H and O–H groups in total. The Kier molecular flexibility index (Phi) is 3.85. The van der Waals surface area contributed by atoms with Crippen molar-refractivity contribution in [2.24, 2.45) is 0 Å². The summed E-state index contributed by atoms with van der Waals surface area (Å²) in [5.41, 5.74) is 0.0649. The number of nitrogens with zero attached hydrogens (tertiary/aromatic N) is 2. The van der Waals surface area contributed by atoms with Gasteiger partial charge in [0.25, 0.3) is 0 Å². The first-order valence-corrected chi connectivity index (χ1v) is 7.27. The molecule has 19 heavy (non-hydrogen) atoms. The van der Waals surface area contributed by atoms with E-state index in [-0.39, 0.29) is 18.7 Å². The second-order valence-corrected chi connectivity index (χ2v) is 6.32. The van der Waals surface area contributed by atoms with Gasteiger partial charge in [0, 0.05) is 13.1 Å². The van der Waals surface area contributed by atoms with E-state index in [1.807, 2.05) is 0 Å². The van der Waals surface area contributed by atoms with E-state index in [4.69, 9.17) is 5.26 Å². The third-order valence-electron chi connectivity index (χ3n) is 3.04. The molecule has 102 valence electrons. The van der Waals surface area contributed by atoms with Crippen molar-refractivity contribution in [3.05, 3.63) is 29.6 Å². The Morgan fingerprint density at radius 2 is 2.21 bits per heavy atom. The number of rotatable bonds is 2. The predicted octanol–water partition coefficient (Wildman–Crippen LogP) is 0.843. The van der Waals surface area contributed by atoms with Gasteiger partial charge in [-0.2, -0.15) is 9.57 Å². The fraction of sp³-hybridized carbons (Fsp3) is 0.417. The van der Waals surface area contributed by atoms with Gasteiger partial charge in [-0.25, -0.2) is 12.8 Å². The molecule has 0 bridgehead atoms. The third-order valence-corrected chi connectivity index (χ3v) is 4.94. The number of hydrogen-bond acceptors (Lipinski definition) is 4. The summed E-state index contributed by atoms with van der Waals surface area (Å²) in [6.07, 6.45) is 0.366. The van der Waals surface area contributed by atoms with Crippen LogP contribution < -0.4 is 0 Å². The molecule has 0 radical (unpaired) electrons. The molecule has 1 aromatic rings. The van der Waals surface area contributed by atoms with Gasteiger partial charge in [0.05, 0.1) is 17.7 Å². The molecule has 1 fully saturated rings. The maximum Gasteiger partial charge on any atom is 0.246 e. The average Bonchev–Trinajstić information content (AvgIpc) is 2.38. The first-order valence-electron chi connectivity index (χ1n) is 5.83. The Labute approximate surface area is 110 Å². The number of benzene rings is 1. The van der Waals surface area contributed by atoms with Gasteiger partial charge in [0.1, 0.15) is 10.7 Å². The maximum absolute atomic E-state index is 13.8. The molecule has 1 aromatic carbocycles. The van der Waals surface area contributed by atoms with Crippen molar-refractivity contribution in [1.29, 1.82) is 5.26 Å². The summed E-state index contributed by atoms with van der Waals surface area (Å²) in [6.45, 7) is 0.237. The number of aliphatic hydroxyl groups is 1. The minimum atomic E-state index is -3.96. The summed E-state index contributed by atoms with van der Waals surface area (Å²) in [4.78, 5) is -0.458. The lowest BCUT2D eigenvalue weighted by molar-refractivity contribution is 0.108. The van der Waals surface area contributed by atoms with Crippen molar-refractivity contribution in [2.75, 3.05) is 13.1 Å². The number of aliphatic hydroxyl groups excluding tert-OH is 1. The molecular formula is C12H13FN2O3S. The molecule has 0 spiro atoms. The minimum absolute atomic E-state index is 0.0260. The lowest BCUT2D eigenvalue weighted by Gasteiger charge is -2.29. The molecule has 5 nitrogen and oxygen atoms in total. The molecule has 7 heteroatoms. The summed E-state index contributed by atoms with van der Waals surface area (Å²) >= 11 is 0. The fourth-order valence-electron chi connectivity index (χ4n) is 2.06. The molecule has 0 saturated carbocycles. The molecule has 1 saturated heterocycles. The van der Waals surface area contributed by atoms with Crippen LogP contribution in [0.4, 0.5) is 4.39 Å². The molecule has 1 heterocycles. The largest absolute Gasteiger partial charge is 0.392 e. The average molecular weight is 284 g/mol. The van der Waals surface area contributed by atoms with Crippen LogP contribution in [-0.2, 0) is 10.0 Å². The molecule has 1 aliphatic heterocycles. The van der Waals surface area contributed by atoms with E-state index in [0.717, 1.165) is 16.4 Å². The lowest BCUT2D eigenvalue weighted by atomic mass is 10.1. The van der Waals surface area contributed by atoms with Gasteiger partial charge in [-0.15, -0.1) is 0 Å². The third kappa shape index (κ3) is 2.76. The predicted molar refractivity (Wildman–Crippen MR) is 65.1 cm³/mol. The highest BCUT2D eigenvalue weighted by atomic mass is 32.2. The quantitative estimate of drug-likeness (QED) is 0.872. The van der Waals surface area contributed by atoms with Gasteiger partial charge in [-0.05, 0) is 31.0 Å². The summed E-state index contributed by atoms with van der Waals surface area (Å²) < 4.78 is 39.3. The van der Waals surface area contributed by atoms with Gasteiger partial charge in [-0.1, -0.05) is 0 Å². The van der Waals surface area contributed by atoms with Crippen molar-refractivity contribution < 1.29 is 17.9 Å². The first-order chi connectivity index (χ1) is 8.95. The summed E-state index contributed by atoms with van der Waals surface area (Å²) in [6, 6.07) is 4.99. The van der Waals surface area contributed by atoms with Crippen molar-refractivity contribution in [3.8, 4) is 6.07 Å². The zero-order valence-electron chi connectivity index (χ0n) is 10.1. The highest BCUT2D eigenvalue weighted by Crippen LogP contribution is 2.23. The van der Waals surface area contributed by atoms with Crippen LogP contribution in [0.5, 0.6) is 0 Å². The van der Waals surface area contributed by atoms with E-state index in [1.54, 1.807) is 6.07 Å². The van der Waals surface area contributed by atoms with E-state index in [2.05, 4.69) is 0 Å². The molecule has 1 unspecified atom stereocenters. The molecule has 1 aliphatic rings.